The molecular weight excluding hydrogens is 292 g/mol. The summed E-state index contributed by atoms with van der Waals surface area (Å²) in [5.41, 5.74) is 4.90. The van der Waals surface area contributed by atoms with E-state index in [0.717, 1.165) is 12.8 Å². The van der Waals surface area contributed by atoms with Gasteiger partial charge in [-0.2, -0.15) is 0 Å². The molecule has 1 amide bonds. The van der Waals surface area contributed by atoms with E-state index in [9.17, 15) is 14.7 Å². The van der Waals surface area contributed by atoms with Gasteiger partial charge in [-0.1, -0.05) is 31.4 Å². The first-order valence-electron chi connectivity index (χ1n) is 6.95. The lowest BCUT2D eigenvalue weighted by atomic mass is 9.76. The van der Waals surface area contributed by atoms with Crippen molar-refractivity contribution in [2.75, 3.05) is 5.32 Å². The number of nitrogens with one attached hydrogen (secondary N) is 1. The van der Waals surface area contributed by atoms with E-state index in [1.807, 2.05) is 6.92 Å². The Balaban J connectivity index is 2.40. The number of amides is 1. The Hall–Kier alpha value is -1.75. The first-order chi connectivity index (χ1) is 9.84. The molecule has 0 spiro atoms. The van der Waals surface area contributed by atoms with Gasteiger partial charge in [0, 0.05) is 10.7 Å². The third-order valence-electron chi connectivity index (χ3n) is 4.03. The number of carboxylic acid groups (broad SMARTS) is 1. The molecule has 4 N–H and O–H groups in total. The Morgan fingerprint density at radius 3 is 2.76 bits per heavy atom. The Labute approximate surface area is 128 Å². The van der Waals surface area contributed by atoms with E-state index in [1.165, 1.54) is 6.07 Å². The van der Waals surface area contributed by atoms with Gasteiger partial charge in [-0.05, 0) is 37.0 Å². The van der Waals surface area contributed by atoms with E-state index in [1.54, 1.807) is 12.1 Å². The van der Waals surface area contributed by atoms with Crippen molar-refractivity contribution in [2.24, 2.45) is 11.7 Å². The van der Waals surface area contributed by atoms with Gasteiger partial charge in [-0.15, -0.1) is 0 Å². The zero-order valence-electron chi connectivity index (χ0n) is 11.9. The van der Waals surface area contributed by atoms with Crippen molar-refractivity contribution in [3.63, 3.8) is 0 Å². The zero-order chi connectivity index (χ0) is 15.6. The molecule has 1 aromatic rings. The lowest BCUT2D eigenvalue weighted by molar-refractivity contribution is -0.144. The molecule has 0 radical (unpaired) electrons. The van der Waals surface area contributed by atoms with Gasteiger partial charge in [-0.25, -0.2) is 4.79 Å². The van der Waals surface area contributed by atoms with Gasteiger partial charge < -0.3 is 16.2 Å². The largest absolute Gasteiger partial charge is 0.480 e. The molecule has 114 valence electrons. The number of aliphatic carboxylic acids is 1. The number of carbonyl (C=O) groups is 2. The summed E-state index contributed by atoms with van der Waals surface area (Å²) in [4.78, 5) is 23.3. The minimum absolute atomic E-state index is 0.248. The number of carboxylic acids is 1. The standard InChI is InChI=1S/C15H19ClN2O3/c1-9-3-2-6-15(8-9,14(20)21)18-12-7-10(16)4-5-11(12)13(17)19/h4-5,7,9,18H,2-3,6,8H2,1H3,(H2,17,19)(H,20,21). The van der Waals surface area contributed by atoms with Crippen LogP contribution < -0.4 is 11.1 Å². The van der Waals surface area contributed by atoms with Crippen molar-refractivity contribution in [2.45, 2.75) is 38.1 Å². The third-order valence-corrected chi connectivity index (χ3v) is 4.26. The Morgan fingerprint density at radius 1 is 1.48 bits per heavy atom. The molecule has 6 heteroatoms. The van der Waals surface area contributed by atoms with Gasteiger partial charge in [0.05, 0.1) is 5.56 Å². The number of primary amides is 1. The molecule has 1 saturated carbocycles. The molecule has 5 nitrogen and oxygen atoms in total. The van der Waals surface area contributed by atoms with Crippen LogP contribution in [-0.2, 0) is 4.79 Å². The number of hydrogen-bond donors (Lipinski definition) is 3. The van der Waals surface area contributed by atoms with Crippen LogP contribution in [0.3, 0.4) is 0 Å². The summed E-state index contributed by atoms with van der Waals surface area (Å²) in [7, 11) is 0. The molecule has 0 aromatic heterocycles. The molecule has 2 unspecified atom stereocenters. The minimum atomic E-state index is -1.08. The van der Waals surface area contributed by atoms with Gasteiger partial charge in [0.1, 0.15) is 5.54 Å². The molecular formula is C15H19ClN2O3. The summed E-state index contributed by atoms with van der Waals surface area (Å²) in [5, 5.41) is 13.1. The SMILES string of the molecule is CC1CCCC(Nc2cc(Cl)ccc2C(N)=O)(C(=O)O)C1. The van der Waals surface area contributed by atoms with Crippen LogP contribution in [0.5, 0.6) is 0 Å². The Kier molecular flexibility index (Phi) is 4.42. The fourth-order valence-electron chi connectivity index (χ4n) is 3.01. The van der Waals surface area contributed by atoms with Gasteiger partial charge >= 0.3 is 5.97 Å². The topological polar surface area (TPSA) is 92.4 Å². The number of hydrogen-bond acceptors (Lipinski definition) is 3. The second-order valence-electron chi connectivity index (χ2n) is 5.77. The summed E-state index contributed by atoms with van der Waals surface area (Å²) >= 11 is 5.95. The van der Waals surface area contributed by atoms with E-state index < -0.39 is 17.4 Å². The van der Waals surface area contributed by atoms with E-state index in [-0.39, 0.29) is 5.56 Å². The minimum Gasteiger partial charge on any atom is -0.480 e. The predicted molar refractivity (Wildman–Crippen MR) is 81.6 cm³/mol. The highest BCUT2D eigenvalue weighted by atomic mass is 35.5. The molecule has 1 aliphatic rings. The van der Waals surface area contributed by atoms with Crippen LogP contribution in [0.25, 0.3) is 0 Å². The summed E-state index contributed by atoms with van der Waals surface area (Å²) in [5.74, 6) is -1.22. The van der Waals surface area contributed by atoms with Crippen LogP contribution in [-0.4, -0.2) is 22.5 Å². The van der Waals surface area contributed by atoms with Gasteiger partial charge in [0.2, 0.25) is 0 Å². The van der Waals surface area contributed by atoms with Crippen molar-refractivity contribution in [3.8, 4) is 0 Å². The van der Waals surface area contributed by atoms with Crippen LogP contribution in [0.4, 0.5) is 5.69 Å². The number of benzene rings is 1. The second-order valence-corrected chi connectivity index (χ2v) is 6.20. The van der Waals surface area contributed by atoms with E-state index in [0.29, 0.717) is 29.5 Å². The molecule has 2 rings (SSSR count). The number of halogens is 1. The van der Waals surface area contributed by atoms with Gasteiger partial charge in [0.25, 0.3) is 5.91 Å². The highest BCUT2D eigenvalue weighted by Gasteiger charge is 2.42. The summed E-state index contributed by atoms with van der Waals surface area (Å²) in [6.45, 7) is 2.03. The Morgan fingerprint density at radius 2 is 2.19 bits per heavy atom. The molecule has 0 aliphatic heterocycles. The highest BCUT2D eigenvalue weighted by Crippen LogP contribution is 2.36. The summed E-state index contributed by atoms with van der Waals surface area (Å²) in [6, 6.07) is 4.62. The molecule has 1 aromatic carbocycles. The van der Waals surface area contributed by atoms with Crippen LogP contribution in [0, 0.1) is 5.92 Å². The smallest absolute Gasteiger partial charge is 0.329 e. The number of anilines is 1. The molecule has 2 atom stereocenters. The first kappa shape index (κ1) is 15.6. The molecule has 0 heterocycles. The maximum Gasteiger partial charge on any atom is 0.329 e. The molecule has 1 fully saturated rings. The Bertz CT molecular complexity index is 576. The number of carbonyl (C=O) groups excluding carboxylic acids is 1. The van der Waals surface area contributed by atoms with Crippen molar-refractivity contribution >= 4 is 29.2 Å². The van der Waals surface area contributed by atoms with Crippen LogP contribution in [0.1, 0.15) is 43.0 Å². The van der Waals surface area contributed by atoms with Crippen molar-refractivity contribution in [3.05, 3.63) is 28.8 Å². The number of nitrogens with two attached hydrogens (primary N) is 1. The van der Waals surface area contributed by atoms with E-state index >= 15 is 0 Å². The monoisotopic (exact) mass is 310 g/mol. The molecule has 0 bridgehead atoms. The van der Waals surface area contributed by atoms with Crippen LogP contribution in [0.2, 0.25) is 5.02 Å². The van der Waals surface area contributed by atoms with Crippen LogP contribution >= 0.6 is 11.6 Å². The molecule has 21 heavy (non-hydrogen) atoms. The van der Waals surface area contributed by atoms with Gasteiger partial charge in [-0.3, -0.25) is 4.79 Å². The second kappa shape index (κ2) is 5.93. The van der Waals surface area contributed by atoms with Gasteiger partial charge in [0.15, 0.2) is 0 Å². The van der Waals surface area contributed by atoms with Crippen LogP contribution in [0.15, 0.2) is 18.2 Å². The molecule has 0 saturated heterocycles. The average Bonchev–Trinajstić information content (AvgIpc) is 2.38. The number of rotatable bonds is 4. The van der Waals surface area contributed by atoms with Crippen molar-refractivity contribution in [1.82, 2.24) is 0 Å². The summed E-state index contributed by atoms with van der Waals surface area (Å²) in [6.07, 6.45) is 2.85. The fourth-order valence-corrected chi connectivity index (χ4v) is 3.18. The van der Waals surface area contributed by atoms with E-state index in [4.69, 9.17) is 17.3 Å². The normalized spacial score (nSPS) is 25.3. The zero-order valence-corrected chi connectivity index (χ0v) is 12.6. The maximum atomic E-state index is 11.8. The lowest BCUT2D eigenvalue weighted by Gasteiger charge is -2.38. The average molecular weight is 311 g/mol. The lowest BCUT2D eigenvalue weighted by Crippen LogP contribution is -2.50. The summed E-state index contributed by atoms with van der Waals surface area (Å²) < 4.78 is 0. The third kappa shape index (κ3) is 3.29. The van der Waals surface area contributed by atoms with Crippen molar-refractivity contribution in [1.29, 1.82) is 0 Å². The van der Waals surface area contributed by atoms with E-state index in [2.05, 4.69) is 5.32 Å². The molecule has 1 aliphatic carbocycles. The first-order valence-corrected chi connectivity index (χ1v) is 7.33. The predicted octanol–water partition coefficient (Wildman–Crippen LogP) is 2.88. The fraction of sp³-hybridized carbons (Fsp3) is 0.467. The quantitative estimate of drug-likeness (QED) is 0.797. The highest BCUT2D eigenvalue weighted by molar-refractivity contribution is 6.31. The van der Waals surface area contributed by atoms with Crippen molar-refractivity contribution < 1.29 is 14.7 Å². The maximum absolute atomic E-state index is 11.8.